The topological polar surface area (TPSA) is 9.23 Å². The number of allylic oxidation sites excluding steroid dienone is 4. The first kappa shape index (κ1) is 13.5. The smallest absolute Gasteiger partial charge is 0.129 e. The van der Waals surface area contributed by atoms with Gasteiger partial charge in [0.2, 0.25) is 0 Å². The highest BCUT2D eigenvalue weighted by molar-refractivity contribution is 5.16. The Bertz CT molecular complexity index is 345. The monoisotopic (exact) mass is 250 g/mol. The van der Waals surface area contributed by atoms with E-state index in [0.717, 1.165) is 25.7 Å². The fraction of sp³-hybridized carbons (Fsp3) is 0.625. The maximum absolute atomic E-state index is 14.1. The van der Waals surface area contributed by atoms with Crippen LogP contribution in [0.4, 0.5) is 4.39 Å². The lowest BCUT2D eigenvalue weighted by Crippen LogP contribution is -2.32. The van der Waals surface area contributed by atoms with Crippen LogP contribution in [0.1, 0.15) is 32.6 Å². The van der Waals surface area contributed by atoms with Gasteiger partial charge in [0.05, 0.1) is 0 Å². The second-order valence-corrected chi connectivity index (χ2v) is 5.43. The molecule has 2 rings (SSSR count). The van der Waals surface area contributed by atoms with Gasteiger partial charge in [-0.15, -0.1) is 6.58 Å². The van der Waals surface area contributed by atoms with E-state index in [1.165, 1.54) is 0 Å². The highest BCUT2D eigenvalue weighted by Crippen LogP contribution is 2.37. The van der Waals surface area contributed by atoms with Gasteiger partial charge >= 0.3 is 0 Å². The molecule has 4 unspecified atom stereocenters. The minimum Gasteiger partial charge on any atom is -0.371 e. The molecule has 0 aromatic rings. The van der Waals surface area contributed by atoms with Gasteiger partial charge in [-0.05, 0) is 43.1 Å². The fourth-order valence-corrected chi connectivity index (χ4v) is 3.12. The highest BCUT2D eigenvalue weighted by Gasteiger charge is 2.34. The lowest BCUT2D eigenvalue weighted by atomic mass is 9.76. The molecular formula is C16H23FO. The van der Waals surface area contributed by atoms with Crippen molar-refractivity contribution < 1.29 is 9.13 Å². The summed E-state index contributed by atoms with van der Waals surface area (Å²) in [7, 11) is 0. The average molecular weight is 250 g/mol. The average Bonchev–Trinajstić information content (AvgIpc) is 2.50. The van der Waals surface area contributed by atoms with E-state index in [0.29, 0.717) is 18.4 Å². The summed E-state index contributed by atoms with van der Waals surface area (Å²) in [5.74, 6) is 0.984. The Morgan fingerprint density at radius 2 is 2.28 bits per heavy atom. The lowest BCUT2D eigenvalue weighted by Gasteiger charge is -2.32. The molecule has 18 heavy (non-hydrogen) atoms. The normalized spacial score (nSPS) is 37.6. The molecule has 0 saturated carbocycles. The van der Waals surface area contributed by atoms with Gasteiger partial charge in [0, 0.05) is 6.61 Å². The molecule has 1 fully saturated rings. The minimum atomic E-state index is -0.365. The Hall–Kier alpha value is -0.890. The van der Waals surface area contributed by atoms with Crippen LogP contribution in [0.2, 0.25) is 0 Å². The largest absolute Gasteiger partial charge is 0.371 e. The Morgan fingerprint density at radius 1 is 1.44 bits per heavy atom. The van der Waals surface area contributed by atoms with Gasteiger partial charge in [0.25, 0.3) is 0 Å². The van der Waals surface area contributed by atoms with E-state index >= 15 is 0 Å². The van der Waals surface area contributed by atoms with E-state index in [-0.39, 0.29) is 17.8 Å². The van der Waals surface area contributed by atoms with Crippen molar-refractivity contribution in [2.45, 2.75) is 38.7 Å². The number of halogens is 1. The molecule has 2 heteroatoms. The Kier molecular flexibility index (Phi) is 4.76. The van der Waals surface area contributed by atoms with Crippen molar-refractivity contribution in [1.82, 2.24) is 0 Å². The third-order valence-electron chi connectivity index (χ3n) is 4.34. The van der Waals surface area contributed by atoms with Gasteiger partial charge in [-0.2, -0.15) is 0 Å². The molecule has 0 aromatic heterocycles. The summed E-state index contributed by atoms with van der Waals surface area (Å²) in [6.45, 7) is 6.83. The molecule has 0 aromatic carbocycles. The molecule has 0 spiro atoms. The third kappa shape index (κ3) is 2.92. The molecule has 0 amide bonds. The Labute approximate surface area is 109 Å². The van der Waals surface area contributed by atoms with E-state index in [1.807, 2.05) is 12.2 Å². The first-order chi connectivity index (χ1) is 8.74. The van der Waals surface area contributed by atoms with E-state index in [2.05, 4.69) is 19.6 Å². The van der Waals surface area contributed by atoms with Crippen LogP contribution in [-0.2, 0) is 4.74 Å². The van der Waals surface area contributed by atoms with Gasteiger partial charge < -0.3 is 4.74 Å². The first-order valence-electron chi connectivity index (χ1n) is 7.00. The van der Waals surface area contributed by atoms with Crippen molar-refractivity contribution in [2.75, 3.05) is 6.61 Å². The zero-order valence-corrected chi connectivity index (χ0v) is 11.1. The highest BCUT2D eigenvalue weighted by atomic mass is 19.1. The van der Waals surface area contributed by atoms with Gasteiger partial charge in [0.15, 0.2) is 0 Å². The maximum atomic E-state index is 14.1. The lowest BCUT2D eigenvalue weighted by molar-refractivity contribution is 0.00593. The molecule has 1 aliphatic heterocycles. The van der Waals surface area contributed by atoms with Crippen molar-refractivity contribution >= 4 is 0 Å². The fourth-order valence-electron chi connectivity index (χ4n) is 3.12. The number of fused-ring (bicyclic) bond motifs is 1. The number of rotatable bonds is 1. The molecule has 2 aliphatic rings. The maximum Gasteiger partial charge on any atom is 0.129 e. The summed E-state index contributed by atoms with van der Waals surface area (Å²) < 4.78 is 19.9. The molecule has 1 nitrogen and oxygen atoms in total. The summed E-state index contributed by atoms with van der Waals surface area (Å²) in [4.78, 5) is 0. The zero-order chi connectivity index (χ0) is 13.0. The zero-order valence-electron chi connectivity index (χ0n) is 11.1. The summed E-state index contributed by atoms with van der Waals surface area (Å²) >= 11 is 0. The van der Waals surface area contributed by atoms with Crippen LogP contribution in [0, 0.1) is 17.8 Å². The number of ether oxygens (including phenoxy) is 1. The van der Waals surface area contributed by atoms with Gasteiger partial charge in [-0.3, -0.25) is 0 Å². The van der Waals surface area contributed by atoms with Crippen LogP contribution in [0.15, 0.2) is 36.7 Å². The molecule has 0 radical (unpaired) electrons. The minimum absolute atomic E-state index is 0.120. The van der Waals surface area contributed by atoms with Crippen molar-refractivity contribution in [1.29, 1.82) is 0 Å². The van der Waals surface area contributed by atoms with Crippen LogP contribution in [0.3, 0.4) is 0 Å². The van der Waals surface area contributed by atoms with Gasteiger partial charge in [-0.25, -0.2) is 4.39 Å². The van der Waals surface area contributed by atoms with E-state index < -0.39 is 0 Å². The SMILES string of the molecule is C=CC1CCCCOC2C(F)=CC=CCC2C1C. The molecule has 0 bridgehead atoms. The number of hydrogen-bond donors (Lipinski definition) is 0. The third-order valence-corrected chi connectivity index (χ3v) is 4.34. The van der Waals surface area contributed by atoms with Crippen molar-refractivity contribution in [3.63, 3.8) is 0 Å². The molecule has 1 saturated heterocycles. The van der Waals surface area contributed by atoms with Crippen molar-refractivity contribution in [3.8, 4) is 0 Å². The standard InChI is InChI=1S/C16H23FO/c1-3-13-8-6-7-11-18-16-14(12(13)2)9-4-5-10-15(16)17/h3-5,10,12-14,16H,1,6-9,11H2,2H3. The molecule has 100 valence electrons. The summed E-state index contributed by atoms with van der Waals surface area (Å²) in [6, 6.07) is 0. The van der Waals surface area contributed by atoms with Crippen LogP contribution in [-0.4, -0.2) is 12.7 Å². The molecule has 1 heterocycles. The van der Waals surface area contributed by atoms with E-state index in [9.17, 15) is 4.39 Å². The molecular weight excluding hydrogens is 227 g/mol. The summed E-state index contributed by atoms with van der Waals surface area (Å²) in [5, 5.41) is 0. The Balaban J connectivity index is 2.25. The molecule has 0 N–H and O–H groups in total. The van der Waals surface area contributed by atoms with E-state index in [4.69, 9.17) is 4.74 Å². The van der Waals surface area contributed by atoms with Crippen molar-refractivity contribution in [2.24, 2.45) is 17.8 Å². The Morgan fingerprint density at radius 3 is 3.06 bits per heavy atom. The summed E-state index contributed by atoms with van der Waals surface area (Å²) in [5.41, 5.74) is 0. The van der Waals surface area contributed by atoms with E-state index in [1.54, 1.807) is 6.08 Å². The van der Waals surface area contributed by atoms with Crippen LogP contribution in [0.5, 0.6) is 0 Å². The molecule has 4 atom stereocenters. The predicted octanol–water partition coefficient (Wildman–Crippen LogP) is 4.42. The van der Waals surface area contributed by atoms with Crippen LogP contribution < -0.4 is 0 Å². The van der Waals surface area contributed by atoms with Gasteiger partial charge in [0.1, 0.15) is 11.9 Å². The second kappa shape index (κ2) is 6.33. The quantitative estimate of drug-likeness (QED) is 0.626. The number of hydrogen-bond acceptors (Lipinski definition) is 1. The van der Waals surface area contributed by atoms with Gasteiger partial charge in [-0.1, -0.05) is 31.6 Å². The summed E-state index contributed by atoms with van der Waals surface area (Å²) in [6.07, 6.45) is 11.3. The molecule has 1 aliphatic carbocycles. The van der Waals surface area contributed by atoms with Crippen LogP contribution in [0.25, 0.3) is 0 Å². The van der Waals surface area contributed by atoms with Crippen LogP contribution >= 0.6 is 0 Å². The second-order valence-electron chi connectivity index (χ2n) is 5.43. The van der Waals surface area contributed by atoms with Crippen molar-refractivity contribution in [3.05, 3.63) is 36.7 Å². The first-order valence-corrected chi connectivity index (χ1v) is 7.00. The predicted molar refractivity (Wildman–Crippen MR) is 72.9 cm³/mol.